The van der Waals surface area contributed by atoms with Gasteiger partial charge in [0.1, 0.15) is 12.4 Å². The summed E-state index contributed by atoms with van der Waals surface area (Å²) < 4.78 is 5.63. The molecule has 0 aliphatic carbocycles. The number of nitrogens with one attached hydrogen (secondary N) is 1. The van der Waals surface area contributed by atoms with Crippen LogP contribution in [0.5, 0.6) is 5.75 Å². The molecule has 1 saturated heterocycles. The molecule has 0 bridgehead atoms. The van der Waals surface area contributed by atoms with Crippen LogP contribution in [-0.4, -0.2) is 48.3 Å². The Morgan fingerprint density at radius 3 is 2.91 bits per heavy atom. The van der Waals surface area contributed by atoms with E-state index in [0.717, 1.165) is 63.4 Å². The molecule has 0 radical (unpaired) electrons. The number of anilines is 1. The number of fused-ring (bicyclic) bond motifs is 1. The molecule has 2 heterocycles. The van der Waals surface area contributed by atoms with Crippen molar-refractivity contribution in [2.24, 2.45) is 5.92 Å². The number of carboxylic acid groups (broad SMARTS) is 1. The quantitative estimate of drug-likeness (QED) is 0.874. The highest BCUT2D eigenvalue weighted by atomic mass is 16.5. The number of rotatable bonds is 5. The minimum atomic E-state index is -0.640. The predicted molar refractivity (Wildman–Crippen MR) is 90.1 cm³/mol. The Morgan fingerprint density at radius 2 is 2.22 bits per heavy atom. The molecule has 1 aromatic rings. The number of carboxylic acids is 1. The molecule has 0 spiro atoms. The lowest BCUT2D eigenvalue weighted by atomic mass is 9.93. The SMILES string of the molecule is CCC(Cc1ccc2c(c1)NCCO2)N1CCC(C(=O)O)CC1. The van der Waals surface area contributed by atoms with Gasteiger partial charge in [0.25, 0.3) is 0 Å². The molecule has 0 aromatic heterocycles. The van der Waals surface area contributed by atoms with Gasteiger partial charge in [0.05, 0.1) is 11.6 Å². The fourth-order valence-corrected chi connectivity index (χ4v) is 3.63. The number of hydrogen-bond acceptors (Lipinski definition) is 4. The van der Waals surface area contributed by atoms with E-state index in [4.69, 9.17) is 9.84 Å². The molecule has 1 aromatic carbocycles. The van der Waals surface area contributed by atoms with E-state index in [2.05, 4.69) is 35.3 Å². The highest BCUT2D eigenvalue weighted by Gasteiger charge is 2.28. The maximum atomic E-state index is 11.1. The van der Waals surface area contributed by atoms with Crippen molar-refractivity contribution in [3.05, 3.63) is 23.8 Å². The van der Waals surface area contributed by atoms with Gasteiger partial charge in [0.15, 0.2) is 0 Å². The van der Waals surface area contributed by atoms with Gasteiger partial charge in [0, 0.05) is 12.6 Å². The minimum absolute atomic E-state index is 0.158. The van der Waals surface area contributed by atoms with Gasteiger partial charge >= 0.3 is 5.97 Å². The van der Waals surface area contributed by atoms with Crippen LogP contribution in [0.1, 0.15) is 31.7 Å². The number of carbonyl (C=O) groups is 1. The van der Waals surface area contributed by atoms with Gasteiger partial charge in [-0.3, -0.25) is 4.79 Å². The maximum Gasteiger partial charge on any atom is 0.306 e. The summed E-state index contributed by atoms with van der Waals surface area (Å²) >= 11 is 0. The van der Waals surface area contributed by atoms with Crippen LogP contribution in [0.15, 0.2) is 18.2 Å². The summed E-state index contributed by atoms with van der Waals surface area (Å²) in [6.07, 6.45) is 3.62. The van der Waals surface area contributed by atoms with Gasteiger partial charge in [-0.25, -0.2) is 0 Å². The topological polar surface area (TPSA) is 61.8 Å². The minimum Gasteiger partial charge on any atom is -0.490 e. The van der Waals surface area contributed by atoms with Crippen LogP contribution in [0.3, 0.4) is 0 Å². The van der Waals surface area contributed by atoms with E-state index in [1.807, 2.05) is 0 Å². The largest absolute Gasteiger partial charge is 0.490 e. The van der Waals surface area contributed by atoms with Gasteiger partial charge in [0.2, 0.25) is 0 Å². The highest BCUT2D eigenvalue weighted by Crippen LogP contribution is 2.29. The van der Waals surface area contributed by atoms with Gasteiger partial charge in [-0.2, -0.15) is 0 Å². The van der Waals surface area contributed by atoms with Crippen LogP contribution < -0.4 is 10.1 Å². The van der Waals surface area contributed by atoms with E-state index in [9.17, 15) is 4.79 Å². The Morgan fingerprint density at radius 1 is 1.43 bits per heavy atom. The number of hydrogen-bond donors (Lipinski definition) is 2. The van der Waals surface area contributed by atoms with Crippen LogP contribution in [0, 0.1) is 5.92 Å². The van der Waals surface area contributed by atoms with E-state index in [1.165, 1.54) is 5.56 Å². The summed E-state index contributed by atoms with van der Waals surface area (Å²) in [7, 11) is 0. The Hall–Kier alpha value is -1.75. The number of aliphatic carboxylic acids is 1. The van der Waals surface area contributed by atoms with Crippen LogP contribution in [0.2, 0.25) is 0 Å². The molecule has 1 fully saturated rings. The molecule has 0 amide bonds. The first-order valence-corrected chi connectivity index (χ1v) is 8.64. The zero-order valence-electron chi connectivity index (χ0n) is 13.8. The molecule has 5 nitrogen and oxygen atoms in total. The lowest BCUT2D eigenvalue weighted by molar-refractivity contribution is -0.143. The fourth-order valence-electron chi connectivity index (χ4n) is 3.63. The Balaban J connectivity index is 1.62. The number of ether oxygens (including phenoxy) is 1. The fraction of sp³-hybridized carbons (Fsp3) is 0.611. The van der Waals surface area contributed by atoms with Crippen molar-refractivity contribution < 1.29 is 14.6 Å². The van der Waals surface area contributed by atoms with Crippen LogP contribution >= 0.6 is 0 Å². The summed E-state index contributed by atoms with van der Waals surface area (Å²) in [4.78, 5) is 13.6. The summed E-state index contributed by atoms with van der Waals surface area (Å²) in [5.41, 5.74) is 2.40. The van der Waals surface area contributed by atoms with E-state index in [-0.39, 0.29) is 5.92 Å². The average Bonchev–Trinajstić information content (AvgIpc) is 2.59. The van der Waals surface area contributed by atoms with Gasteiger partial charge in [-0.05, 0) is 56.5 Å². The second-order valence-electron chi connectivity index (χ2n) is 6.52. The monoisotopic (exact) mass is 318 g/mol. The Kier molecular flexibility index (Phi) is 5.06. The Bertz CT molecular complexity index is 553. The van der Waals surface area contributed by atoms with Gasteiger partial charge in [-0.15, -0.1) is 0 Å². The van der Waals surface area contributed by atoms with E-state index >= 15 is 0 Å². The lowest BCUT2D eigenvalue weighted by Gasteiger charge is -2.36. The first-order valence-electron chi connectivity index (χ1n) is 8.64. The standard InChI is InChI=1S/C18H26N2O3/c1-2-15(20-8-5-14(6-9-20)18(21)22)11-13-3-4-17-16(12-13)19-7-10-23-17/h3-4,12,14-15,19H,2,5-11H2,1H3,(H,21,22). The molecular weight excluding hydrogens is 292 g/mol. The van der Waals surface area contributed by atoms with Crippen molar-refractivity contribution in [3.63, 3.8) is 0 Å². The van der Waals surface area contributed by atoms with Gasteiger partial charge in [-0.1, -0.05) is 13.0 Å². The molecule has 23 heavy (non-hydrogen) atoms. The third kappa shape index (κ3) is 3.78. The summed E-state index contributed by atoms with van der Waals surface area (Å²) in [5.74, 6) is 0.141. The van der Waals surface area contributed by atoms with Crippen LogP contribution in [0.25, 0.3) is 0 Å². The van der Waals surface area contributed by atoms with Crippen LogP contribution in [0.4, 0.5) is 5.69 Å². The summed E-state index contributed by atoms with van der Waals surface area (Å²) in [6.45, 7) is 5.58. The predicted octanol–water partition coefficient (Wildman–Crippen LogP) is 2.61. The normalized spacial score (nSPS) is 20.2. The van der Waals surface area contributed by atoms with Crippen molar-refractivity contribution in [2.45, 2.75) is 38.6 Å². The zero-order chi connectivity index (χ0) is 16.2. The van der Waals surface area contributed by atoms with E-state index in [0.29, 0.717) is 6.04 Å². The summed E-state index contributed by atoms with van der Waals surface area (Å²) in [5, 5.41) is 12.5. The second-order valence-corrected chi connectivity index (χ2v) is 6.52. The molecule has 126 valence electrons. The molecule has 5 heteroatoms. The highest BCUT2D eigenvalue weighted by molar-refractivity contribution is 5.70. The molecule has 2 aliphatic rings. The van der Waals surface area contributed by atoms with E-state index < -0.39 is 5.97 Å². The number of benzene rings is 1. The van der Waals surface area contributed by atoms with Crippen molar-refractivity contribution in [2.75, 3.05) is 31.6 Å². The summed E-state index contributed by atoms with van der Waals surface area (Å²) in [6, 6.07) is 6.88. The average molecular weight is 318 g/mol. The van der Waals surface area contributed by atoms with Crippen molar-refractivity contribution >= 4 is 11.7 Å². The van der Waals surface area contributed by atoms with Crippen molar-refractivity contribution in [1.82, 2.24) is 4.90 Å². The molecule has 2 aliphatic heterocycles. The molecule has 3 rings (SSSR count). The van der Waals surface area contributed by atoms with Crippen LogP contribution in [-0.2, 0) is 11.2 Å². The molecular formula is C18H26N2O3. The molecule has 1 unspecified atom stereocenters. The lowest BCUT2D eigenvalue weighted by Crippen LogP contribution is -2.43. The third-order valence-electron chi connectivity index (χ3n) is 5.06. The maximum absolute atomic E-state index is 11.1. The van der Waals surface area contributed by atoms with Gasteiger partial charge < -0.3 is 20.1 Å². The smallest absolute Gasteiger partial charge is 0.306 e. The first-order chi connectivity index (χ1) is 11.2. The number of nitrogens with zero attached hydrogens (tertiary/aromatic N) is 1. The number of likely N-dealkylation sites (tertiary alicyclic amines) is 1. The molecule has 0 saturated carbocycles. The third-order valence-corrected chi connectivity index (χ3v) is 5.06. The van der Waals surface area contributed by atoms with E-state index in [1.54, 1.807) is 0 Å². The number of piperidine rings is 1. The van der Waals surface area contributed by atoms with Crippen molar-refractivity contribution in [1.29, 1.82) is 0 Å². The van der Waals surface area contributed by atoms with Crippen molar-refractivity contribution in [3.8, 4) is 5.75 Å². The Labute approximate surface area is 137 Å². The first kappa shape index (κ1) is 16.1. The second kappa shape index (κ2) is 7.21. The zero-order valence-corrected chi connectivity index (χ0v) is 13.8. The molecule has 2 N–H and O–H groups in total. The molecule has 1 atom stereocenters.